The minimum Gasteiger partial charge on any atom is -0.494 e. The summed E-state index contributed by atoms with van der Waals surface area (Å²) in [6.45, 7) is 5.84. The lowest BCUT2D eigenvalue weighted by atomic mass is 10.1. The molecule has 1 atom stereocenters. The van der Waals surface area contributed by atoms with Crippen LogP contribution in [0.5, 0.6) is 5.75 Å². The Morgan fingerprint density at radius 3 is 2.33 bits per heavy atom. The number of carbonyl (C=O) groups excluding carboxylic acids is 3. The number of carbonyl (C=O) groups is 3. The maximum Gasteiger partial charge on any atom is 0.272 e. The van der Waals surface area contributed by atoms with Gasteiger partial charge >= 0.3 is 0 Å². The van der Waals surface area contributed by atoms with Gasteiger partial charge in [0, 0.05) is 34.0 Å². The van der Waals surface area contributed by atoms with Crippen molar-refractivity contribution in [3.63, 3.8) is 0 Å². The van der Waals surface area contributed by atoms with Gasteiger partial charge in [-0.3, -0.25) is 24.5 Å². The Morgan fingerprint density at radius 1 is 0.933 bits per heavy atom. The first-order chi connectivity index (χ1) is 21.6. The molecule has 4 aromatic rings. The first-order valence-corrected chi connectivity index (χ1v) is 15.0. The number of nitrogens with zero attached hydrogens (tertiary/aromatic N) is 1. The Kier molecular flexibility index (Phi) is 11.1. The Labute approximate surface area is 265 Å². The molecule has 0 spiro atoms. The monoisotopic (exact) mass is 624 g/mol. The van der Waals surface area contributed by atoms with E-state index in [4.69, 9.17) is 4.74 Å². The lowest BCUT2D eigenvalue weighted by Gasteiger charge is -2.15. The van der Waals surface area contributed by atoms with Gasteiger partial charge in [0.25, 0.3) is 17.5 Å². The summed E-state index contributed by atoms with van der Waals surface area (Å²) in [4.78, 5) is 50.6. The largest absolute Gasteiger partial charge is 0.494 e. The van der Waals surface area contributed by atoms with Crippen molar-refractivity contribution in [2.24, 2.45) is 0 Å². The first-order valence-electron chi connectivity index (χ1n) is 14.1. The van der Waals surface area contributed by atoms with Crippen LogP contribution >= 0.6 is 11.8 Å². The van der Waals surface area contributed by atoms with Gasteiger partial charge in [-0.1, -0.05) is 36.4 Å². The average molecular weight is 625 g/mol. The smallest absolute Gasteiger partial charge is 0.272 e. The molecule has 0 fully saturated rings. The van der Waals surface area contributed by atoms with Gasteiger partial charge < -0.3 is 20.7 Å². The fourth-order valence-corrected chi connectivity index (χ4v) is 5.10. The SMILES string of the molecule is CCOc1ccc(/C=C(/NC(=O)c2ccccc2)C(=O)Nc2cccc(SC(C)C(=O)Nc3ccc([N+](=O)[O-])cc3C)c2)cc1. The van der Waals surface area contributed by atoms with Crippen molar-refractivity contribution in [1.29, 1.82) is 0 Å². The molecular formula is C34H32N4O6S. The molecule has 0 aliphatic rings. The van der Waals surface area contributed by atoms with Crippen LogP contribution in [0, 0.1) is 17.0 Å². The van der Waals surface area contributed by atoms with E-state index in [0.717, 1.165) is 4.90 Å². The van der Waals surface area contributed by atoms with Crippen LogP contribution in [0.3, 0.4) is 0 Å². The highest BCUT2D eigenvalue weighted by molar-refractivity contribution is 8.00. The fraction of sp³-hybridized carbons (Fsp3) is 0.147. The highest BCUT2D eigenvalue weighted by Gasteiger charge is 2.18. The van der Waals surface area contributed by atoms with E-state index in [-0.39, 0.29) is 17.3 Å². The maximum absolute atomic E-state index is 13.5. The van der Waals surface area contributed by atoms with Crippen LogP contribution in [-0.4, -0.2) is 34.5 Å². The number of rotatable bonds is 12. The highest BCUT2D eigenvalue weighted by atomic mass is 32.2. The Hall–Kier alpha value is -5.42. The molecule has 11 heteroatoms. The van der Waals surface area contributed by atoms with Crippen molar-refractivity contribution in [2.45, 2.75) is 30.9 Å². The van der Waals surface area contributed by atoms with E-state index in [2.05, 4.69) is 16.0 Å². The van der Waals surface area contributed by atoms with Gasteiger partial charge in [0.1, 0.15) is 11.4 Å². The highest BCUT2D eigenvalue weighted by Crippen LogP contribution is 2.28. The van der Waals surface area contributed by atoms with Crippen LogP contribution in [-0.2, 0) is 9.59 Å². The third kappa shape index (κ3) is 9.28. The van der Waals surface area contributed by atoms with Gasteiger partial charge in [-0.15, -0.1) is 11.8 Å². The average Bonchev–Trinajstić information content (AvgIpc) is 3.03. The van der Waals surface area contributed by atoms with Gasteiger partial charge in [-0.05, 0) is 86.5 Å². The van der Waals surface area contributed by atoms with Crippen molar-refractivity contribution in [2.75, 3.05) is 17.2 Å². The minimum absolute atomic E-state index is 0.0392. The predicted molar refractivity (Wildman–Crippen MR) is 176 cm³/mol. The van der Waals surface area contributed by atoms with Gasteiger partial charge in [-0.25, -0.2) is 0 Å². The molecule has 0 saturated carbocycles. The van der Waals surface area contributed by atoms with Crippen LogP contribution in [0.4, 0.5) is 17.1 Å². The van der Waals surface area contributed by atoms with Crippen molar-refractivity contribution < 1.29 is 24.0 Å². The maximum atomic E-state index is 13.5. The molecule has 10 nitrogen and oxygen atoms in total. The number of nitro benzene ring substituents is 1. The van der Waals surface area contributed by atoms with E-state index in [1.54, 1.807) is 92.7 Å². The summed E-state index contributed by atoms with van der Waals surface area (Å²) in [5, 5.41) is 18.9. The number of ether oxygens (including phenoxy) is 1. The summed E-state index contributed by atoms with van der Waals surface area (Å²) in [6.07, 6.45) is 1.58. The normalized spacial score (nSPS) is 11.7. The van der Waals surface area contributed by atoms with Gasteiger partial charge in [-0.2, -0.15) is 0 Å². The minimum atomic E-state index is -0.533. The van der Waals surface area contributed by atoms with Crippen LogP contribution in [0.15, 0.2) is 108 Å². The molecule has 0 heterocycles. The molecule has 3 N–H and O–H groups in total. The second kappa shape index (κ2) is 15.3. The van der Waals surface area contributed by atoms with E-state index in [0.29, 0.717) is 40.4 Å². The number of anilines is 2. The molecule has 3 amide bonds. The van der Waals surface area contributed by atoms with E-state index in [1.165, 1.54) is 30.0 Å². The van der Waals surface area contributed by atoms with E-state index in [1.807, 2.05) is 13.0 Å². The summed E-state index contributed by atoms with van der Waals surface area (Å²) in [6, 6.07) is 27.0. The van der Waals surface area contributed by atoms with Crippen molar-refractivity contribution in [1.82, 2.24) is 5.32 Å². The quantitative estimate of drug-likeness (QED) is 0.0679. The molecule has 4 aromatic carbocycles. The zero-order chi connectivity index (χ0) is 32.3. The fourth-order valence-electron chi connectivity index (χ4n) is 4.18. The molecule has 45 heavy (non-hydrogen) atoms. The predicted octanol–water partition coefficient (Wildman–Crippen LogP) is 6.83. The zero-order valence-electron chi connectivity index (χ0n) is 24.9. The van der Waals surface area contributed by atoms with E-state index < -0.39 is 22.0 Å². The number of nitro groups is 1. The number of thioether (sulfide) groups is 1. The molecule has 0 aliphatic carbocycles. The second-order valence-corrected chi connectivity index (χ2v) is 11.3. The van der Waals surface area contributed by atoms with Crippen LogP contribution < -0.4 is 20.7 Å². The van der Waals surface area contributed by atoms with Gasteiger partial charge in [0.15, 0.2) is 0 Å². The number of non-ortho nitro benzene ring substituents is 1. The summed E-state index contributed by atoms with van der Waals surface area (Å²) in [5.74, 6) is -0.560. The molecule has 0 radical (unpaired) electrons. The van der Waals surface area contributed by atoms with Crippen LogP contribution in [0.25, 0.3) is 6.08 Å². The molecule has 4 rings (SSSR count). The van der Waals surface area contributed by atoms with Crippen LogP contribution in [0.1, 0.15) is 35.3 Å². The van der Waals surface area contributed by atoms with Crippen LogP contribution in [0.2, 0.25) is 0 Å². The van der Waals surface area contributed by atoms with E-state index >= 15 is 0 Å². The second-order valence-electron chi connectivity index (χ2n) is 9.87. The lowest BCUT2D eigenvalue weighted by Crippen LogP contribution is -2.30. The number of nitrogens with one attached hydrogen (secondary N) is 3. The zero-order valence-corrected chi connectivity index (χ0v) is 25.7. The molecular weight excluding hydrogens is 592 g/mol. The number of hydrogen-bond acceptors (Lipinski definition) is 7. The van der Waals surface area contributed by atoms with E-state index in [9.17, 15) is 24.5 Å². The standard InChI is InChI=1S/C34H32N4O6S/c1-4-44-28-16-13-24(14-17-28)20-31(37-33(40)25-9-6-5-7-10-25)34(41)35-26-11-8-12-29(21-26)45-23(3)32(39)36-30-18-15-27(38(42)43)19-22(30)2/h5-21,23H,4H2,1-3H3,(H,35,41)(H,36,39)(H,37,40)/b31-20+. The topological polar surface area (TPSA) is 140 Å². The molecule has 1 unspecified atom stereocenters. The summed E-state index contributed by atoms with van der Waals surface area (Å²) in [5.41, 5.74) is 2.61. The first kappa shape index (κ1) is 32.5. The molecule has 230 valence electrons. The number of aryl methyl sites for hydroxylation is 1. The lowest BCUT2D eigenvalue weighted by molar-refractivity contribution is -0.384. The molecule has 0 saturated heterocycles. The summed E-state index contributed by atoms with van der Waals surface area (Å²) >= 11 is 1.28. The molecule has 0 aliphatic heterocycles. The number of hydrogen-bond donors (Lipinski definition) is 3. The Balaban J connectivity index is 1.47. The number of benzene rings is 4. The Morgan fingerprint density at radius 2 is 1.67 bits per heavy atom. The summed E-state index contributed by atoms with van der Waals surface area (Å²) in [7, 11) is 0. The van der Waals surface area contributed by atoms with Gasteiger partial charge in [0.2, 0.25) is 5.91 Å². The third-order valence-corrected chi connectivity index (χ3v) is 7.58. The number of amides is 3. The van der Waals surface area contributed by atoms with Crippen molar-refractivity contribution in [3.8, 4) is 5.75 Å². The molecule has 0 aromatic heterocycles. The van der Waals surface area contributed by atoms with Gasteiger partial charge in [0.05, 0.1) is 16.8 Å². The third-order valence-electron chi connectivity index (χ3n) is 6.48. The molecule has 0 bridgehead atoms. The summed E-state index contributed by atoms with van der Waals surface area (Å²) < 4.78 is 5.50. The van der Waals surface area contributed by atoms with Crippen molar-refractivity contribution in [3.05, 3.63) is 130 Å². The van der Waals surface area contributed by atoms with Crippen molar-refractivity contribution >= 4 is 52.6 Å². The Bertz CT molecular complexity index is 1720.